The second-order valence-electron chi connectivity index (χ2n) is 8.78. The van der Waals surface area contributed by atoms with E-state index < -0.39 is 23.7 Å². The number of rotatable bonds is 9. The summed E-state index contributed by atoms with van der Waals surface area (Å²) in [5.41, 5.74) is 0.782. The highest BCUT2D eigenvalue weighted by atomic mass is 16.6. The van der Waals surface area contributed by atoms with Crippen molar-refractivity contribution in [3.8, 4) is 23.0 Å². The van der Waals surface area contributed by atoms with Crippen LogP contribution < -0.4 is 24.3 Å². The van der Waals surface area contributed by atoms with Crippen LogP contribution in [0.4, 0.5) is 4.79 Å². The first-order valence-corrected chi connectivity index (χ1v) is 11.2. The van der Waals surface area contributed by atoms with Crippen LogP contribution in [0.2, 0.25) is 0 Å². The maximum absolute atomic E-state index is 12.5. The van der Waals surface area contributed by atoms with Crippen molar-refractivity contribution >= 4 is 12.1 Å². The van der Waals surface area contributed by atoms with E-state index in [2.05, 4.69) is 10.3 Å². The number of nitrogens with one attached hydrogen (secondary N) is 1. The molecule has 0 fully saturated rings. The summed E-state index contributed by atoms with van der Waals surface area (Å²) >= 11 is 0. The van der Waals surface area contributed by atoms with Crippen LogP contribution in [-0.2, 0) is 11.3 Å². The highest BCUT2D eigenvalue weighted by molar-refractivity contribution is 5.89. The Morgan fingerprint density at radius 1 is 1.03 bits per heavy atom. The van der Waals surface area contributed by atoms with Crippen LogP contribution in [0.15, 0.2) is 53.5 Å². The van der Waals surface area contributed by atoms with Crippen LogP contribution >= 0.6 is 0 Å². The van der Waals surface area contributed by atoms with Gasteiger partial charge in [0.2, 0.25) is 5.75 Å². The first kappa shape index (κ1) is 26.4. The zero-order valence-corrected chi connectivity index (χ0v) is 21.1. The summed E-state index contributed by atoms with van der Waals surface area (Å²) in [6, 6.07) is 10.0. The van der Waals surface area contributed by atoms with Gasteiger partial charge in [0.1, 0.15) is 24.2 Å². The van der Waals surface area contributed by atoms with Crippen molar-refractivity contribution < 1.29 is 37.7 Å². The van der Waals surface area contributed by atoms with Gasteiger partial charge < -0.3 is 33.4 Å². The summed E-state index contributed by atoms with van der Waals surface area (Å²) in [6.07, 6.45) is 1.73. The smallest absolute Gasteiger partial charge is 0.408 e. The Balaban J connectivity index is 1.92. The fraction of sp³-hybridized carbons (Fsp3) is 0.346. The molecule has 0 saturated carbocycles. The maximum Gasteiger partial charge on any atom is 0.408 e. The first-order valence-electron chi connectivity index (χ1n) is 11.2. The lowest BCUT2D eigenvalue weighted by molar-refractivity contribution is 0.0507. The van der Waals surface area contributed by atoms with Gasteiger partial charge >= 0.3 is 12.1 Å². The van der Waals surface area contributed by atoms with Gasteiger partial charge in [-0.15, -0.1) is 0 Å². The van der Waals surface area contributed by atoms with E-state index in [0.717, 1.165) is 12.0 Å². The Morgan fingerprint density at radius 2 is 1.75 bits per heavy atom. The topological polar surface area (TPSA) is 118 Å². The van der Waals surface area contributed by atoms with Gasteiger partial charge in [0.05, 0.1) is 20.3 Å². The molecular weight excluding hydrogens is 468 g/mol. The van der Waals surface area contributed by atoms with Crippen LogP contribution in [0.1, 0.15) is 55.4 Å². The molecule has 1 heterocycles. The summed E-state index contributed by atoms with van der Waals surface area (Å²) in [6.45, 7) is 7.26. The molecule has 36 heavy (non-hydrogen) atoms. The van der Waals surface area contributed by atoms with Crippen molar-refractivity contribution in [3.63, 3.8) is 0 Å². The average Bonchev–Trinajstić information content (AvgIpc) is 3.37. The van der Waals surface area contributed by atoms with E-state index in [4.69, 9.17) is 28.1 Å². The van der Waals surface area contributed by atoms with Gasteiger partial charge in [-0.25, -0.2) is 14.6 Å². The van der Waals surface area contributed by atoms with Gasteiger partial charge in [0.15, 0.2) is 23.6 Å². The van der Waals surface area contributed by atoms with E-state index in [9.17, 15) is 9.59 Å². The number of carbonyl (C=O) groups is 2. The molecule has 3 rings (SSSR count). The van der Waals surface area contributed by atoms with E-state index in [1.54, 1.807) is 46.9 Å². The number of hydrogen-bond acceptors (Lipinski definition) is 9. The number of carbonyl (C=O) groups excluding carboxylic acids is 2. The number of hydrogen-bond donors (Lipinski definition) is 1. The van der Waals surface area contributed by atoms with E-state index >= 15 is 0 Å². The molecule has 10 heteroatoms. The van der Waals surface area contributed by atoms with Crippen LogP contribution in [-0.4, -0.2) is 36.9 Å². The molecule has 0 spiro atoms. The maximum atomic E-state index is 12.5. The molecule has 1 amide bonds. The van der Waals surface area contributed by atoms with Gasteiger partial charge in [-0.1, -0.05) is 12.1 Å². The molecule has 0 unspecified atom stereocenters. The normalized spacial score (nSPS) is 11.8. The summed E-state index contributed by atoms with van der Waals surface area (Å²) in [4.78, 5) is 28.7. The fourth-order valence-electron chi connectivity index (χ4n) is 3.23. The molecule has 10 nitrogen and oxygen atoms in total. The van der Waals surface area contributed by atoms with Crippen molar-refractivity contribution in [2.45, 2.75) is 45.9 Å². The van der Waals surface area contributed by atoms with Gasteiger partial charge in [-0.3, -0.25) is 0 Å². The van der Waals surface area contributed by atoms with Crippen LogP contribution in [0, 0.1) is 0 Å². The summed E-state index contributed by atoms with van der Waals surface area (Å²) < 4.78 is 32.7. The monoisotopic (exact) mass is 498 g/mol. The Kier molecular flexibility index (Phi) is 8.42. The summed E-state index contributed by atoms with van der Waals surface area (Å²) in [7, 11) is 3.05. The Morgan fingerprint density at radius 3 is 2.33 bits per heavy atom. The third-order valence-corrected chi connectivity index (χ3v) is 4.90. The molecule has 3 aromatic rings. The zero-order chi connectivity index (χ0) is 26.3. The van der Waals surface area contributed by atoms with Crippen LogP contribution in [0.3, 0.4) is 0 Å². The highest BCUT2D eigenvalue weighted by Crippen LogP contribution is 2.43. The van der Waals surface area contributed by atoms with Gasteiger partial charge in [-0.2, -0.15) is 0 Å². The summed E-state index contributed by atoms with van der Waals surface area (Å²) in [5.74, 6) is 0.565. The number of aromatic nitrogens is 1. The molecule has 0 bridgehead atoms. The standard InChI is InChI=1S/C26H30N2O8/c1-16(28-25(30)36-26(2,3)4)19-11-12-21(35-24(29)20-14-33-15-27-20)23(22(19)32-6)34-13-17-7-9-18(31-5)10-8-17/h7-12,14-16H,13H2,1-6H3,(H,28,30)/t16-/m0/s1. The predicted octanol–water partition coefficient (Wildman–Crippen LogP) is 5.08. The molecule has 2 aromatic carbocycles. The molecule has 0 aliphatic carbocycles. The minimum absolute atomic E-state index is 0.000826. The summed E-state index contributed by atoms with van der Waals surface area (Å²) in [5, 5.41) is 2.78. The molecule has 0 saturated heterocycles. The molecule has 0 aliphatic heterocycles. The Bertz CT molecular complexity index is 1170. The van der Waals surface area contributed by atoms with Gasteiger partial charge in [-0.05, 0) is 57.5 Å². The predicted molar refractivity (Wildman–Crippen MR) is 130 cm³/mol. The molecular formula is C26H30N2O8. The minimum Gasteiger partial charge on any atom is -0.497 e. The number of nitrogens with zero attached hydrogens (tertiary/aromatic N) is 1. The first-order chi connectivity index (χ1) is 17.1. The van der Waals surface area contributed by atoms with Crippen LogP contribution in [0.25, 0.3) is 0 Å². The third-order valence-electron chi connectivity index (χ3n) is 4.90. The number of methoxy groups -OCH3 is 2. The fourth-order valence-corrected chi connectivity index (χ4v) is 3.23. The minimum atomic E-state index is -0.729. The number of amides is 1. The lowest BCUT2D eigenvalue weighted by atomic mass is 10.1. The zero-order valence-electron chi connectivity index (χ0n) is 21.1. The highest BCUT2D eigenvalue weighted by Gasteiger charge is 2.25. The molecule has 1 atom stereocenters. The second kappa shape index (κ2) is 11.5. The van der Waals surface area contributed by atoms with Gasteiger partial charge in [0.25, 0.3) is 0 Å². The van der Waals surface area contributed by atoms with Crippen molar-refractivity contribution in [1.82, 2.24) is 10.3 Å². The van der Waals surface area contributed by atoms with Crippen molar-refractivity contribution in [3.05, 3.63) is 65.9 Å². The van der Waals surface area contributed by atoms with Crippen molar-refractivity contribution in [2.24, 2.45) is 0 Å². The Labute approximate surface area is 209 Å². The number of ether oxygens (including phenoxy) is 5. The van der Waals surface area contributed by atoms with E-state index in [1.807, 2.05) is 24.3 Å². The number of alkyl carbamates (subject to hydrolysis) is 1. The SMILES string of the molecule is COc1ccc(COc2c(OC(=O)c3cocn3)ccc([C@H](C)NC(=O)OC(C)(C)C)c2OC)cc1. The third kappa shape index (κ3) is 6.91. The lowest BCUT2D eigenvalue weighted by Crippen LogP contribution is -2.34. The number of oxazole rings is 1. The molecule has 1 aromatic heterocycles. The molecule has 192 valence electrons. The van der Waals surface area contributed by atoms with E-state index in [-0.39, 0.29) is 29.5 Å². The molecule has 1 N–H and O–H groups in total. The average molecular weight is 499 g/mol. The van der Waals surface area contributed by atoms with Crippen molar-refractivity contribution in [1.29, 1.82) is 0 Å². The largest absolute Gasteiger partial charge is 0.497 e. The Hall–Kier alpha value is -4.21. The van der Waals surface area contributed by atoms with E-state index in [1.165, 1.54) is 13.4 Å². The van der Waals surface area contributed by atoms with Crippen LogP contribution in [0.5, 0.6) is 23.0 Å². The molecule has 0 aliphatic rings. The quantitative estimate of drug-likeness (QED) is 0.318. The van der Waals surface area contributed by atoms with Gasteiger partial charge in [0, 0.05) is 5.56 Å². The van der Waals surface area contributed by atoms with Crippen molar-refractivity contribution in [2.75, 3.05) is 14.2 Å². The lowest BCUT2D eigenvalue weighted by Gasteiger charge is -2.24. The number of benzene rings is 2. The second-order valence-corrected chi connectivity index (χ2v) is 8.78. The van der Waals surface area contributed by atoms with E-state index in [0.29, 0.717) is 11.3 Å². The molecule has 0 radical (unpaired) electrons. The number of esters is 1.